The molecule has 0 saturated carbocycles. The zero-order chi connectivity index (χ0) is 17.5. The SMILES string of the molecule is Cc1ccccc1C1(C)NC(=O)N(Cc2ccc(F)cc2Cl)C1=O. The van der Waals surface area contributed by atoms with Gasteiger partial charge in [0.1, 0.15) is 11.4 Å². The number of hydrogen-bond donors (Lipinski definition) is 1. The van der Waals surface area contributed by atoms with Crippen LogP contribution in [0.15, 0.2) is 42.5 Å². The van der Waals surface area contributed by atoms with E-state index in [0.29, 0.717) is 5.56 Å². The van der Waals surface area contributed by atoms with Crippen LogP contribution in [0.3, 0.4) is 0 Å². The number of hydrogen-bond acceptors (Lipinski definition) is 2. The first-order valence-electron chi connectivity index (χ1n) is 7.47. The predicted molar refractivity (Wildman–Crippen MR) is 89.0 cm³/mol. The van der Waals surface area contributed by atoms with E-state index in [0.717, 1.165) is 22.1 Å². The molecule has 6 heteroatoms. The second kappa shape index (κ2) is 5.91. The Labute approximate surface area is 144 Å². The van der Waals surface area contributed by atoms with Gasteiger partial charge < -0.3 is 5.32 Å². The molecule has 2 aromatic carbocycles. The van der Waals surface area contributed by atoms with Gasteiger partial charge in [-0.2, -0.15) is 0 Å². The van der Waals surface area contributed by atoms with E-state index < -0.39 is 17.4 Å². The highest BCUT2D eigenvalue weighted by atomic mass is 35.5. The first kappa shape index (κ1) is 16.5. The molecule has 3 rings (SSSR count). The van der Waals surface area contributed by atoms with Crippen LogP contribution in [0.4, 0.5) is 9.18 Å². The molecule has 4 nitrogen and oxygen atoms in total. The van der Waals surface area contributed by atoms with E-state index in [1.54, 1.807) is 6.92 Å². The number of halogens is 2. The summed E-state index contributed by atoms with van der Waals surface area (Å²) in [5.74, 6) is -0.826. The van der Waals surface area contributed by atoms with E-state index in [2.05, 4.69) is 5.32 Å². The summed E-state index contributed by atoms with van der Waals surface area (Å²) in [5, 5.41) is 2.94. The molecule has 1 aliphatic heterocycles. The van der Waals surface area contributed by atoms with Crippen LogP contribution in [0.25, 0.3) is 0 Å². The van der Waals surface area contributed by atoms with Crippen LogP contribution in [0, 0.1) is 12.7 Å². The Balaban J connectivity index is 1.93. The average Bonchev–Trinajstić information content (AvgIpc) is 2.74. The van der Waals surface area contributed by atoms with Crippen molar-refractivity contribution < 1.29 is 14.0 Å². The van der Waals surface area contributed by atoms with Gasteiger partial charge >= 0.3 is 6.03 Å². The van der Waals surface area contributed by atoms with Gasteiger partial charge in [0, 0.05) is 5.02 Å². The van der Waals surface area contributed by atoms with Crippen LogP contribution in [0.2, 0.25) is 5.02 Å². The van der Waals surface area contributed by atoms with Gasteiger partial charge in [-0.05, 0) is 42.7 Å². The number of urea groups is 1. The molecule has 1 saturated heterocycles. The van der Waals surface area contributed by atoms with Gasteiger partial charge in [0.25, 0.3) is 5.91 Å². The second-order valence-corrected chi connectivity index (χ2v) is 6.40. The maximum atomic E-state index is 13.2. The van der Waals surface area contributed by atoms with Crippen molar-refractivity contribution in [3.05, 3.63) is 70.0 Å². The lowest BCUT2D eigenvalue weighted by Crippen LogP contribution is -2.41. The number of aryl methyl sites for hydroxylation is 1. The van der Waals surface area contributed by atoms with E-state index in [4.69, 9.17) is 11.6 Å². The van der Waals surface area contributed by atoms with Gasteiger partial charge in [0.15, 0.2) is 0 Å². The van der Waals surface area contributed by atoms with Crippen molar-refractivity contribution in [1.29, 1.82) is 0 Å². The van der Waals surface area contributed by atoms with Crippen molar-refractivity contribution in [2.75, 3.05) is 0 Å². The van der Waals surface area contributed by atoms with Crippen molar-refractivity contribution in [3.63, 3.8) is 0 Å². The van der Waals surface area contributed by atoms with Crippen molar-refractivity contribution in [1.82, 2.24) is 10.2 Å². The maximum Gasteiger partial charge on any atom is 0.325 e. The summed E-state index contributed by atoms with van der Waals surface area (Å²) in [6, 6.07) is 10.8. The Morgan fingerprint density at radius 1 is 1.21 bits per heavy atom. The number of nitrogens with zero attached hydrogens (tertiary/aromatic N) is 1. The highest BCUT2D eigenvalue weighted by Crippen LogP contribution is 2.32. The maximum absolute atomic E-state index is 13.2. The van der Waals surface area contributed by atoms with E-state index in [-0.39, 0.29) is 17.5 Å². The van der Waals surface area contributed by atoms with E-state index in [1.807, 2.05) is 31.2 Å². The zero-order valence-corrected chi connectivity index (χ0v) is 14.0. The molecule has 124 valence electrons. The lowest BCUT2D eigenvalue weighted by molar-refractivity contribution is -0.131. The van der Waals surface area contributed by atoms with Crippen LogP contribution in [0.1, 0.15) is 23.6 Å². The molecular weight excluding hydrogens is 331 g/mol. The molecule has 1 unspecified atom stereocenters. The molecule has 2 aromatic rings. The van der Waals surface area contributed by atoms with Crippen molar-refractivity contribution in [2.45, 2.75) is 25.9 Å². The van der Waals surface area contributed by atoms with Crippen LogP contribution < -0.4 is 5.32 Å². The highest BCUT2D eigenvalue weighted by Gasteiger charge is 2.49. The van der Waals surface area contributed by atoms with E-state index in [9.17, 15) is 14.0 Å². The fourth-order valence-electron chi connectivity index (χ4n) is 2.98. The third-order valence-corrected chi connectivity index (χ3v) is 4.65. The average molecular weight is 347 g/mol. The third-order valence-electron chi connectivity index (χ3n) is 4.30. The summed E-state index contributed by atoms with van der Waals surface area (Å²) in [4.78, 5) is 26.3. The Bertz CT molecular complexity index is 840. The quantitative estimate of drug-likeness (QED) is 0.860. The Morgan fingerprint density at radius 3 is 2.58 bits per heavy atom. The standard InChI is InChI=1S/C18H16ClFN2O2/c1-11-5-3-4-6-14(11)18(2)16(23)22(17(24)21-18)10-12-7-8-13(20)9-15(12)19/h3-9H,10H2,1-2H3,(H,21,24). The molecule has 0 spiro atoms. The van der Waals surface area contributed by atoms with Gasteiger partial charge in [-0.15, -0.1) is 0 Å². The molecule has 0 bridgehead atoms. The van der Waals surface area contributed by atoms with Crippen LogP contribution >= 0.6 is 11.6 Å². The first-order chi connectivity index (χ1) is 11.3. The minimum Gasteiger partial charge on any atom is -0.319 e. The van der Waals surface area contributed by atoms with Crippen molar-refractivity contribution in [2.24, 2.45) is 0 Å². The summed E-state index contributed by atoms with van der Waals surface area (Å²) < 4.78 is 13.2. The molecule has 24 heavy (non-hydrogen) atoms. The molecule has 1 aliphatic rings. The first-order valence-corrected chi connectivity index (χ1v) is 7.85. The molecule has 1 N–H and O–H groups in total. The third kappa shape index (κ3) is 2.65. The molecule has 1 atom stereocenters. The molecule has 0 radical (unpaired) electrons. The molecule has 3 amide bonds. The second-order valence-electron chi connectivity index (χ2n) is 6.00. The Hall–Kier alpha value is -2.40. The predicted octanol–water partition coefficient (Wildman–Crippen LogP) is 3.75. The van der Waals surface area contributed by atoms with Crippen LogP contribution in [-0.4, -0.2) is 16.8 Å². The molecular formula is C18H16ClFN2O2. The number of carbonyl (C=O) groups is 2. The van der Waals surface area contributed by atoms with Gasteiger partial charge in [-0.25, -0.2) is 9.18 Å². The molecule has 1 fully saturated rings. The fourth-order valence-corrected chi connectivity index (χ4v) is 3.20. The van der Waals surface area contributed by atoms with Gasteiger partial charge in [-0.3, -0.25) is 9.69 Å². The fraction of sp³-hybridized carbons (Fsp3) is 0.222. The van der Waals surface area contributed by atoms with Gasteiger partial charge in [0.2, 0.25) is 0 Å². The lowest BCUT2D eigenvalue weighted by atomic mass is 9.88. The van der Waals surface area contributed by atoms with Gasteiger partial charge in [-0.1, -0.05) is 41.9 Å². The number of nitrogens with one attached hydrogen (secondary N) is 1. The largest absolute Gasteiger partial charge is 0.325 e. The normalized spacial score (nSPS) is 20.4. The van der Waals surface area contributed by atoms with Gasteiger partial charge in [0.05, 0.1) is 6.54 Å². The van der Waals surface area contributed by atoms with E-state index in [1.165, 1.54) is 12.1 Å². The molecule has 1 heterocycles. The minimum absolute atomic E-state index is 0.00868. The van der Waals surface area contributed by atoms with Crippen molar-refractivity contribution >= 4 is 23.5 Å². The number of imide groups is 1. The molecule has 0 aromatic heterocycles. The van der Waals surface area contributed by atoms with Crippen molar-refractivity contribution in [3.8, 4) is 0 Å². The summed E-state index contributed by atoms with van der Waals surface area (Å²) in [6.07, 6.45) is 0. The Morgan fingerprint density at radius 2 is 1.92 bits per heavy atom. The summed E-state index contributed by atoms with van der Waals surface area (Å²) in [7, 11) is 0. The number of benzene rings is 2. The van der Waals surface area contributed by atoms with E-state index >= 15 is 0 Å². The van der Waals surface area contributed by atoms with Crippen LogP contribution in [-0.2, 0) is 16.9 Å². The number of amides is 3. The highest BCUT2D eigenvalue weighted by molar-refractivity contribution is 6.31. The smallest absolute Gasteiger partial charge is 0.319 e. The summed E-state index contributed by atoms with van der Waals surface area (Å²) in [6.45, 7) is 3.56. The number of carbonyl (C=O) groups excluding carboxylic acids is 2. The zero-order valence-electron chi connectivity index (χ0n) is 13.3. The molecule has 0 aliphatic carbocycles. The Kier molecular flexibility index (Phi) is 4.05. The summed E-state index contributed by atoms with van der Waals surface area (Å²) in [5.41, 5.74) is 1.04. The minimum atomic E-state index is -1.13. The number of rotatable bonds is 3. The monoisotopic (exact) mass is 346 g/mol. The lowest BCUT2D eigenvalue weighted by Gasteiger charge is -2.24. The van der Waals surface area contributed by atoms with Crippen LogP contribution in [0.5, 0.6) is 0 Å². The topological polar surface area (TPSA) is 49.4 Å². The summed E-state index contributed by atoms with van der Waals surface area (Å²) >= 11 is 6.01.